The third kappa shape index (κ3) is 3.11. The lowest BCUT2D eigenvalue weighted by Gasteiger charge is -2.21. The fourth-order valence-corrected chi connectivity index (χ4v) is 1.68. The Morgan fingerprint density at radius 3 is 2.70 bits per heavy atom. The molecule has 0 bridgehead atoms. The average molecular weight is 274 g/mol. The van der Waals surface area contributed by atoms with Gasteiger partial charge in [0.05, 0.1) is 6.54 Å². The van der Waals surface area contributed by atoms with E-state index in [9.17, 15) is 0 Å². The monoisotopic (exact) mass is 274 g/mol. The van der Waals surface area contributed by atoms with Gasteiger partial charge in [-0.25, -0.2) is 0 Å². The van der Waals surface area contributed by atoms with Crippen LogP contribution in [0.25, 0.3) is 11.4 Å². The van der Waals surface area contributed by atoms with Crippen LogP contribution in [-0.4, -0.2) is 31.3 Å². The summed E-state index contributed by atoms with van der Waals surface area (Å²) in [5.41, 5.74) is 6.15. The van der Waals surface area contributed by atoms with Crippen molar-refractivity contribution >= 4 is 5.84 Å². The molecule has 1 heterocycles. The SMILES string of the molecule is CC(C)(CCn1nnc(-c2ccccc2)n1)C(N)=NO. The molecule has 0 atom stereocenters. The van der Waals surface area contributed by atoms with Crippen molar-refractivity contribution in [1.29, 1.82) is 0 Å². The minimum absolute atomic E-state index is 0.195. The number of rotatable bonds is 5. The van der Waals surface area contributed by atoms with Crippen LogP contribution in [0.3, 0.4) is 0 Å². The molecule has 0 unspecified atom stereocenters. The predicted octanol–water partition coefficient (Wildman–Crippen LogP) is 1.50. The second-order valence-corrected chi connectivity index (χ2v) is 5.19. The highest BCUT2D eigenvalue weighted by Gasteiger charge is 2.23. The number of nitrogens with zero attached hydrogens (tertiary/aromatic N) is 5. The number of hydrogen-bond acceptors (Lipinski definition) is 5. The van der Waals surface area contributed by atoms with Crippen molar-refractivity contribution in [3.8, 4) is 11.4 Å². The number of nitrogens with two attached hydrogens (primary N) is 1. The van der Waals surface area contributed by atoms with E-state index < -0.39 is 5.41 Å². The summed E-state index contributed by atoms with van der Waals surface area (Å²) in [6.07, 6.45) is 0.646. The van der Waals surface area contributed by atoms with Crippen molar-refractivity contribution in [2.75, 3.05) is 0 Å². The van der Waals surface area contributed by atoms with E-state index in [1.54, 1.807) is 0 Å². The maximum absolute atomic E-state index is 8.73. The highest BCUT2D eigenvalue weighted by molar-refractivity contribution is 5.85. The van der Waals surface area contributed by atoms with Crippen LogP contribution < -0.4 is 5.73 Å². The van der Waals surface area contributed by atoms with Gasteiger partial charge in [-0.3, -0.25) is 0 Å². The van der Waals surface area contributed by atoms with Crippen molar-refractivity contribution in [3.05, 3.63) is 30.3 Å². The fraction of sp³-hybridized carbons (Fsp3) is 0.385. The minimum atomic E-state index is -0.421. The molecule has 2 rings (SSSR count). The molecule has 0 aliphatic heterocycles. The second-order valence-electron chi connectivity index (χ2n) is 5.19. The summed E-state index contributed by atoms with van der Waals surface area (Å²) >= 11 is 0. The van der Waals surface area contributed by atoms with Gasteiger partial charge in [0.25, 0.3) is 0 Å². The van der Waals surface area contributed by atoms with Gasteiger partial charge >= 0.3 is 0 Å². The zero-order chi connectivity index (χ0) is 14.6. The first kappa shape index (κ1) is 14.0. The van der Waals surface area contributed by atoms with Crippen LogP contribution in [-0.2, 0) is 6.54 Å². The third-order valence-corrected chi connectivity index (χ3v) is 3.22. The Morgan fingerprint density at radius 2 is 2.05 bits per heavy atom. The number of hydrogen-bond donors (Lipinski definition) is 2. The largest absolute Gasteiger partial charge is 0.409 e. The summed E-state index contributed by atoms with van der Waals surface area (Å²) in [6.45, 7) is 4.34. The molecule has 0 aliphatic carbocycles. The van der Waals surface area contributed by atoms with Crippen LogP contribution in [0, 0.1) is 5.41 Å². The number of aromatic nitrogens is 4. The number of aryl methyl sites for hydroxylation is 1. The Balaban J connectivity index is 2.04. The molecule has 7 nitrogen and oxygen atoms in total. The molecule has 3 N–H and O–H groups in total. The Bertz CT molecular complexity index is 590. The molecular formula is C13H18N6O. The van der Waals surface area contributed by atoms with Gasteiger partial charge in [0.15, 0.2) is 0 Å². The van der Waals surface area contributed by atoms with Gasteiger partial charge in [-0.1, -0.05) is 49.3 Å². The molecule has 0 aliphatic rings. The fourth-order valence-electron chi connectivity index (χ4n) is 1.68. The van der Waals surface area contributed by atoms with Gasteiger partial charge in [0.2, 0.25) is 5.82 Å². The normalized spacial score (nSPS) is 12.6. The topological polar surface area (TPSA) is 102 Å². The van der Waals surface area contributed by atoms with Crippen molar-refractivity contribution in [2.45, 2.75) is 26.8 Å². The lowest BCUT2D eigenvalue weighted by Crippen LogP contribution is -2.33. The molecule has 0 fully saturated rings. The van der Waals surface area contributed by atoms with E-state index >= 15 is 0 Å². The third-order valence-electron chi connectivity index (χ3n) is 3.22. The molecule has 0 spiro atoms. The van der Waals surface area contributed by atoms with E-state index in [0.29, 0.717) is 18.8 Å². The maximum atomic E-state index is 8.73. The van der Waals surface area contributed by atoms with Crippen molar-refractivity contribution in [1.82, 2.24) is 20.2 Å². The molecule has 2 aromatic rings. The molecule has 0 saturated carbocycles. The van der Waals surface area contributed by atoms with Crippen LogP contribution in [0.15, 0.2) is 35.5 Å². The molecule has 0 amide bonds. The molecule has 106 valence electrons. The molecule has 1 aromatic heterocycles. The smallest absolute Gasteiger partial charge is 0.204 e. The molecular weight excluding hydrogens is 256 g/mol. The van der Waals surface area contributed by atoms with Crippen molar-refractivity contribution < 1.29 is 5.21 Å². The van der Waals surface area contributed by atoms with Gasteiger partial charge < -0.3 is 10.9 Å². The van der Waals surface area contributed by atoms with E-state index in [2.05, 4.69) is 20.6 Å². The van der Waals surface area contributed by atoms with E-state index in [0.717, 1.165) is 5.56 Å². The molecule has 7 heteroatoms. The van der Waals surface area contributed by atoms with E-state index in [1.807, 2.05) is 44.2 Å². The minimum Gasteiger partial charge on any atom is -0.409 e. The summed E-state index contributed by atoms with van der Waals surface area (Å²) in [4.78, 5) is 1.52. The predicted molar refractivity (Wildman–Crippen MR) is 75.1 cm³/mol. The summed E-state index contributed by atoms with van der Waals surface area (Å²) in [5.74, 6) is 0.785. The summed E-state index contributed by atoms with van der Waals surface area (Å²) in [6, 6.07) is 9.66. The Kier molecular flexibility index (Phi) is 3.97. The van der Waals surface area contributed by atoms with E-state index in [-0.39, 0.29) is 5.84 Å². The zero-order valence-corrected chi connectivity index (χ0v) is 11.6. The quantitative estimate of drug-likeness (QED) is 0.372. The van der Waals surface area contributed by atoms with Gasteiger partial charge in [-0.15, -0.1) is 10.2 Å². The number of tetrazole rings is 1. The van der Waals surface area contributed by atoms with Crippen LogP contribution >= 0.6 is 0 Å². The molecule has 0 saturated heterocycles. The molecule has 0 radical (unpaired) electrons. The van der Waals surface area contributed by atoms with E-state index in [1.165, 1.54) is 4.80 Å². The van der Waals surface area contributed by atoms with Gasteiger partial charge in [-0.2, -0.15) is 4.80 Å². The van der Waals surface area contributed by atoms with Crippen LogP contribution in [0.1, 0.15) is 20.3 Å². The summed E-state index contributed by atoms with van der Waals surface area (Å²) in [5, 5.41) is 24.1. The highest BCUT2D eigenvalue weighted by Crippen LogP contribution is 2.21. The lowest BCUT2D eigenvalue weighted by molar-refractivity contribution is 0.301. The van der Waals surface area contributed by atoms with Crippen LogP contribution in [0.5, 0.6) is 0 Å². The van der Waals surface area contributed by atoms with Crippen LogP contribution in [0.4, 0.5) is 0 Å². The summed E-state index contributed by atoms with van der Waals surface area (Å²) in [7, 11) is 0. The number of amidine groups is 1. The van der Waals surface area contributed by atoms with Crippen LogP contribution in [0.2, 0.25) is 0 Å². The second kappa shape index (κ2) is 5.68. The average Bonchev–Trinajstić information content (AvgIpc) is 2.94. The first-order valence-corrected chi connectivity index (χ1v) is 6.34. The Morgan fingerprint density at radius 1 is 1.35 bits per heavy atom. The first-order chi connectivity index (χ1) is 9.53. The van der Waals surface area contributed by atoms with Crippen molar-refractivity contribution in [3.63, 3.8) is 0 Å². The van der Waals surface area contributed by atoms with Crippen molar-refractivity contribution in [2.24, 2.45) is 16.3 Å². The number of benzene rings is 1. The van der Waals surface area contributed by atoms with Gasteiger partial charge in [-0.05, 0) is 11.6 Å². The van der Waals surface area contributed by atoms with E-state index in [4.69, 9.17) is 10.9 Å². The Hall–Kier alpha value is -2.44. The number of oxime groups is 1. The van der Waals surface area contributed by atoms with Gasteiger partial charge in [0, 0.05) is 11.0 Å². The molecule has 1 aromatic carbocycles. The lowest BCUT2D eigenvalue weighted by atomic mass is 9.88. The highest BCUT2D eigenvalue weighted by atomic mass is 16.4. The van der Waals surface area contributed by atoms with Gasteiger partial charge in [0.1, 0.15) is 5.84 Å². The molecule has 20 heavy (non-hydrogen) atoms. The Labute approximate surface area is 117 Å². The zero-order valence-electron chi connectivity index (χ0n) is 11.6. The standard InChI is InChI=1S/C13H18N6O/c1-13(2,12(14)17-20)8-9-19-16-11(15-18-19)10-6-4-3-5-7-10/h3-7,20H,8-9H2,1-2H3,(H2,14,17). The first-order valence-electron chi connectivity index (χ1n) is 6.34. The maximum Gasteiger partial charge on any atom is 0.204 e. The summed E-state index contributed by atoms with van der Waals surface area (Å²) < 4.78 is 0.